The van der Waals surface area contributed by atoms with E-state index < -0.39 is 0 Å². The van der Waals surface area contributed by atoms with E-state index in [0.29, 0.717) is 5.75 Å². The number of phenols is 2. The number of hydrogen-bond acceptors (Lipinski definition) is 3. The first kappa shape index (κ1) is 13.7. The van der Waals surface area contributed by atoms with Crippen molar-refractivity contribution in [2.45, 2.75) is 52.1 Å². The third-order valence-electron chi connectivity index (χ3n) is 2.77. The van der Waals surface area contributed by atoms with Crippen LogP contribution in [0.5, 0.6) is 17.2 Å². The molecule has 1 aromatic rings. The van der Waals surface area contributed by atoms with Crippen LogP contribution in [0.2, 0.25) is 0 Å². The van der Waals surface area contributed by atoms with Gasteiger partial charge in [0, 0.05) is 0 Å². The average molecular weight is 238 g/mol. The summed E-state index contributed by atoms with van der Waals surface area (Å²) in [6, 6.07) is 4.76. The summed E-state index contributed by atoms with van der Waals surface area (Å²) < 4.78 is 5.60. The van der Waals surface area contributed by atoms with Gasteiger partial charge in [-0.15, -0.1) is 0 Å². The number of benzene rings is 1. The minimum absolute atomic E-state index is 0.0551. The number of para-hydroxylation sites is 1. The number of unbranched alkanes of at least 4 members (excludes halogenated alkanes) is 3. The smallest absolute Gasteiger partial charge is 0.200 e. The van der Waals surface area contributed by atoms with E-state index in [-0.39, 0.29) is 17.6 Å². The molecule has 0 bridgehead atoms. The van der Waals surface area contributed by atoms with E-state index in [9.17, 15) is 10.2 Å². The lowest BCUT2D eigenvalue weighted by molar-refractivity contribution is 0.197. The quantitative estimate of drug-likeness (QED) is 0.560. The molecule has 0 radical (unpaired) electrons. The molecule has 0 aliphatic rings. The zero-order valence-corrected chi connectivity index (χ0v) is 10.6. The largest absolute Gasteiger partial charge is 0.504 e. The highest BCUT2D eigenvalue weighted by molar-refractivity contribution is 5.48. The number of rotatable bonds is 7. The van der Waals surface area contributed by atoms with E-state index in [4.69, 9.17) is 4.74 Å². The van der Waals surface area contributed by atoms with Crippen molar-refractivity contribution in [3.8, 4) is 17.2 Å². The van der Waals surface area contributed by atoms with Gasteiger partial charge < -0.3 is 14.9 Å². The van der Waals surface area contributed by atoms with Crippen molar-refractivity contribution in [3.63, 3.8) is 0 Å². The molecule has 96 valence electrons. The Morgan fingerprint density at radius 2 is 1.94 bits per heavy atom. The Bertz CT molecular complexity index is 336. The number of ether oxygens (including phenoxy) is 1. The van der Waals surface area contributed by atoms with Gasteiger partial charge in [0.15, 0.2) is 11.5 Å². The number of phenolic OH excluding ortho intramolecular Hbond substituents is 2. The topological polar surface area (TPSA) is 49.7 Å². The summed E-state index contributed by atoms with van der Waals surface area (Å²) in [5, 5.41) is 18.9. The predicted octanol–water partition coefficient (Wildman–Crippen LogP) is 3.84. The second-order valence-corrected chi connectivity index (χ2v) is 4.40. The lowest BCUT2D eigenvalue weighted by Crippen LogP contribution is -2.11. The van der Waals surface area contributed by atoms with Crippen LogP contribution >= 0.6 is 0 Å². The third-order valence-corrected chi connectivity index (χ3v) is 2.77. The molecule has 1 unspecified atom stereocenters. The van der Waals surface area contributed by atoms with Gasteiger partial charge in [0.25, 0.3) is 0 Å². The maximum absolute atomic E-state index is 9.58. The molecule has 0 saturated carbocycles. The highest BCUT2D eigenvalue weighted by Crippen LogP contribution is 2.35. The van der Waals surface area contributed by atoms with Crippen LogP contribution in [-0.2, 0) is 0 Å². The lowest BCUT2D eigenvalue weighted by Gasteiger charge is -2.15. The van der Waals surface area contributed by atoms with Gasteiger partial charge >= 0.3 is 0 Å². The average Bonchev–Trinajstić information content (AvgIpc) is 2.31. The summed E-state index contributed by atoms with van der Waals surface area (Å²) in [5.74, 6) is 0.0431. The summed E-state index contributed by atoms with van der Waals surface area (Å²) in [7, 11) is 0. The monoisotopic (exact) mass is 238 g/mol. The van der Waals surface area contributed by atoms with Crippen LogP contribution in [0.3, 0.4) is 0 Å². The van der Waals surface area contributed by atoms with Gasteiger partial charge in [0.05, 0.1) is 6.10 Å². The molecule has 0 aliphatic carbocycles. The normalized spacial score (nSPS) is 12.4. The Labute approximate surface area is 103 Å². The fraction of sp³-hybridized carbons (Fsp3) is 0.571. The van der Waals surface area contributed by atoms with Crippen molar-refractivity contribution in [2.24, 2.45) is 0 Å². The molecule has 0 heterocycles. The van der Waals surface area contributed by atoms with Gasteiger partial charge in [-0.05, 0) is 31.9 Å². The van der Waals surface area contributed by atoms with Gasteiger partial charge in [0.1, 0.15) is 0 Å². The summed E-state index contributed by atoms with van der Waals surface area (Å²) in [6.45, 7) is 4.17. The third kappa shape index (κ3) is 4.55. The molecule has 1 rings (SSSR count). The maximum Gasteiger partial charge on any atom is 0.200 e. The molecule has 3 heteroatoms. The van der Waals surface area contributed by atoms with Crippen LogP contribution in [0.1, 0.15) is 46.0 Å². The molecule has 0 fully saturated rings. The minimum Gasteiger partial charge on any atom is -0.504 e. The van der Waals surface area contributed by atoms with Crippen LogP contribution in [-0.4, -0.2) is 16.3 Å². The zero-order valence-electron chi connectivity index (χ0n) is 10.6. The molecule has 2 N–H and O–H groups in total. The highest BCUT2D eigenvalue weighted by Gasteiger charge is 2.10. The second kappa shape index (κ2) is 7.05. The molecule has 0 aliphatic heterocycles. The molecular formula is C14H22O3. The molecule has 1 aromatic carbocycles. The molecule has 0 amide bonds. The van der Waals surface area contributed by atoms with E-state index in [1.54, 1.807) is 12.1 Å². The summed E-state index contributed by atoms with van der Waals surface area (Å²) in [4.78, 5) is 0. The van der Waals surface area contributed by atoms with Gasteiger partial charge in [-0.1, -0.05) is 32.3 Å². The van der Waals surface area contributed by atoms with Crippen LogP contribution in [0.4, 0.5) is 0 Å². The molecular weight excluding hydrogens is 216 g/mol. The maximum atomic E-state index is 9.58. The number of hydrogen-bond donors (Lipinski definition) is 2. The SMILES string of the molecule is CCCCCCC(C)Oc1cccc(O)c1O. The van der Waals surface area contributed by atoms with Crippen molar-refractivity contribution in [1.29, 1.82) is 0 Å². The fourth-order valence-electron chi connectivity index (χ4n) is 1.74. The predicted molar refractivity (Wildman–Crippen MR) is 68.6 cm³/mol. The fourth-order valence-corrected chi connectivity index (χ4v) is 1.74. The van der Waals surface area contributed by atoms with Crippen molar-refractivity contribution in [1.82, 2.24) is 0 Å². The Morgan fingerprint density at radius 1 is 1.18 bits per heavy atom. The highest BCUT2D eigenvalue weighted by atomic mass is 16.5. The molecule has 0 aromatic heterocycles. The first-order valence-electron chi connectivity index (χ1n) is 6.32. The van der Waals surface area contributed by atoms with Crippen LogP contribution in [0.25, 0.3) is 0 Å². The Hall–Kier alpha value is -1.38. The van der Waals surface area contributed by atoms with Crippen molar-refractivity contribution >= 4 is 0 Å². The second-order valence-electron chi connectivity index (χ2n) is 4.40. The van der Waals surface area contributed by atoms with Crippen LogP contribution in [0.15, 0.2) is 18.2 Å². The Kier molecular flexibility index (Phi) is 5.67. The first-order valence-corrected chi connectivity index (χ1v) is 6.32. The van der Waals surface area contributed by atoms with E-state index in [1.165, 1.54) is 25.3 Å². The van der Waals surface area contributed by atoms with Crippen molar-refractivity contribution in [2.75, 3.05) is 0 Å². The van der Waals surface area contributed by atoms with Gasteiger partial charge in [-0.2, -0.15) is 0 Å². The molecule has 0 saturated heterocycles. The van der Waals surface area contributed by atoms with Gasteiger partial charge in [0.2, 0.25) is 5.75 Å². The zero-order chi connectivity index (χ0) is 12.7. The Balaban J connectivity index is 2.39. The lowest BCUT2D eigenvalue weighted by atomic mass is 10.1. The summed E-state index contributed by atoms with van der Waals surface area (Å²) in [6.07, 6.45) is 5.85. The summed E-state index contributed by atoms with van der Waals surface area (Å²) >= 11 is 0. The van der Waals surface area contributed by atoms with Gasteiger partial charge in [-0.25, -0.2) is 0 Å². The first-order chi connectivity index (χ1) is 8.15. The van der Waals surface area contributed by atoms with E-state index in [2.05, 4.69) is 6.92 Å². The molecule has 3 nitrogen and oxygen atoms in total. The molecule has 17 heavy (non-hydrogen) atoms. The van der Waals surface area contributed by atoms with Crippen molar-refractivity contribution < 1.29 is 14.9 Å². The van der Waals surface area contributed by atoms with E-state index in [1.807, 2.05) is 6.92 Å². The standard InChI is InChI=1S/C14H22O3/c1-3-4-5-6-8-11(2)17-13-10-7-9-12(15)14(13)16/h7,9-11,15-16H,3-6,8H2,1-2H3. The summed E-state index contributed by atoms with van der Waals surface area (Å²) in [5.41, 5.74) is 0. The molecule has 0 spiro atoms. The van der Waals surface area contributed by atoms with Crippen LogP contribution in [0, 0.1) is 0 Å². The van der Waals surface area contributed by atoms with Crippen LogP contribution < -0.4 is 4.74 Å². The number of aromatic hydroxyl groups is 2. The van der Waals surface area contributed by atoms with E-state index in [0.717, 1.165) is 12.8 Å². The molecule has 1 atom stereocenters. The minimum atomic E-state index is -0.173. The van der Waals surface area contributed by atoms with Crippen molar-refractivity contribution in [3.05, 3.63) is 18.2 Å². The van der Waals surface area contributed by atoms with E-state index >= 15 is 0 Å². The van der Waals surface area contributed by atoms with Gasteiger partial charge in [-0.3, -0.25) is 0 Å². The Morgan fingerprint density at radius 3 is 2.65 bits per heavy atom.